The molecule has 0 radical (unpaired) electrons. The molecule has 176 valence electrons. The van der Waals surface area contributed by atoms with E-state index in [0.29, 0.717) is 34.8 Å². The summed E-state index contributed by atoms with van der Waals surface area (Å²) in [5, 5.41) is 27.3. The molecule has 8 nitrogen and oxygen atoms in total. The highest BCUT2D eigenvalue weighted by Crippen LogP contribution is 2.38. The van der Waals surface area contributed by atoms with Gasteiger partial charge in [-0.3, -0.25) is 4.90 Å². The number of hydrogen-bond acceptors (Lipinski definition) is 6. The minimum atomic E-state index is 0.0711. The fourth-order valence-electron chi connectivity index (χ4n) is 5.29. The van der Waals surface area contributed by atoms with Crippen LogP contribution < -0.4 is 11.1 Å². The number of nitrogens with two attached hydrogens (primary N) is 1. The molecule has 2 aliphatic rings. The number of anilines is 1. The summed E-state index contributed by atoms with van der Waals surface area (Å²) < 4.78 is 2.73. The van der Waals surface area contributed by atoms with E-state index in [1.807, 2.05) is 16.8 Å². The maximum atomic E-state index is 9.64. The molecular weight excluding hydrogens is 518 g/mol. The molecule has 4 N–H and O–H groups in total. The van der Waals surface area contributed by atoms with Crippen LogP contribution >= 0.6 is 27.5 Å². The minimum Gasteiger partial charge on any atom is -0.508 e. The van der Waals surface area contributed by atoms with Crippen molar-refractivity contribution in [1.29, 1.82) is 5.26 Å². The van der Waals surface area contributed by atoms with Crippen molar-refractivity contribution in [1.82, 2.24) is 14.5 Å². The normalized spacial score (nSPS) is 22.7. The van der Waals surface area contributed by atoms with Gasteiger partial charge < -0.3 is 16.2 Å². The third-order valence-corrected chi connectivity index (χ3v) is 7.50. The van der Waals surface area contributed by atoms with Crippen molar-refractivity contribution < 1.29 is 5.11 Å². The molecular formula is C24H25BrClN7O. The number of aliphatic imine (C=N–C) groups is 1. The predicted octanol–water partition coefficient (Wildman–Crippen LogP) is 4.81. The number of benzene rings is 1. The van der Waals surface area contributed by atoms with E-state index in [1.165, 1.54) is 25.0 Å². The number of aromatic hydroxyl groups is 1. The molecule has 34 heavy (non-hydrogen) atoms. The second-order valence-corrected chi connectivity index (χ2v) is 10.2. The van der Waals surface area contributed by atoms with Gasteiger partial charge in [-0.25, -0.2) is 9.51 Å². The van der Waals surface area contributed by atoms with Gasteiger partial charge in [0.15, 0.2) is 0 Å². The Morgan fingerprint density at radius 1 is 1.32 bits per heavy atom. The molecule has 0 saturated carbocycles. The highest BCUT2D eigenvalue weighted by atomic mass is 79.9. The van der Waals surface area contributed by atoms with Crippen LogP contribution in [-0.2, 0) is 0 Å². The summed E-state index contributed by atoms with van der Waals surface area (Å²) >= 11 is 9.81. The largest absolute Gasteiger partial charge is 0.508 e. The first-order valence-corrected chi connectivity index (χ1v) is 12.5. The molecule has 1 aromatic carbocycles. The molecule has 3 aromatic rings. The molecule has 2 saturated heterocycles. The van der Waals surface area contributed by atoms with Crippen molar-refractivity contribution in [2.45, 2.75) is 50.2 Å². The zero-order valence-electron chi connectivity index (χ0n) is 18.5. The van der Waals surface area contributed by atoms with Crippen LogP contribution in [0, 0.1) is 11.3 Å². The molecule has 0 spiro atoms. The zero-order chi connectivity index (χ0) is 23.8. The molecule has 10 heteroatoms. The Morgan fingerprint density at radius 2 is 2.09 bits per heavy atom. The quantitative estimate of drug-likeness (QED) is 0.304. The Labute approximate surface area is 211 Å². The smallest absolute Gasteiger partial charge is 0.135 e. The summed E-state index contributed by atoms with van der Waals surface area (Å²) in [6.07, 6.45) is 8.57. The Morgan fingerprint density at radius 3 is 2.79 bits per heavy atom. The number of nitrogens with zero attached hydrogens (tertiary/aromatic N) is 5. The molecule has 0 amide bonds. The number of fused-ring (bicyclic) bond motifs is 3. The number of aromatic nitrogens is 2. The Kier molecular flexibility index (Phi) is 6.38. The van der Waals surface area contributed by atoms with Gasteiger partial charge in [0, 0.05) is 47.8 Å². The van der Waals surface area contributed by atoms with Crippen molar-refractivity contribution in [2.24, 2.45) is 10.7 Å². The fraction of sp³-hybridized carbons (Fsp3) is 0.375. The lowest BCUT2D eigenvalue weighted by atomic mass is 9.96. The van der Waals surface area contributed by atoms with Crippen LogP contribution in [0.1, 0.15) is 37.7 Å². The molecule has 1 unspecified atom stereocenters. The fourth-order valence-corrected chi connectivity index (χ4v) is 5.92. The SMILES string of the molecule is N#CCCN1[C@@H]2CC[C@H]1CC(Nc1c(C(N)=Nc3ccc(O)cc3Cl)cnn3cc(Br)cc13)C2. The molecule has 2 aromatic heterocycles. The van der Waals surface area contributed by atoms with Gasteiger partial charge in [-0.05, 0) is 59.8 Å². The number of rotatable bonds is 6. The number of phenols is 1. The van der Waals surface area contributed by atoms with Gasteiger partial charge in [-0.15, -0.1) is 0 Å². The highest BCUT2D eigenvalue weighted by Gasteiger charge is 2.40. The number of nitriles is 1. The molecule has 0 aliphatic carbocycles. The van der Waals surface area contributed by atoms with Gasteiger partial charge in [0.05, 0.1) is 39.7 Å². The summed E-state index contributed by atoms with van der Waals surface area (Å²) in [7, 11) is 0. The van der Waals surface area contributed by atoms with Crippen molar-refractivity contribution in [2.75, 3.05) is 11.9 Å². The lowest BCUT2D eigenvalue weighted by molar-refractivity contribution is 0.136. The van der Waals surface area contributed by atoms with E-state index in [1.54, 1.807) is 12.3 Å². The summed E-state index contributed by atoms with van der Waals surface area (Å²) in [5.41, 5.74) is 9.42. The zero-order valence-corrected chi connectivity index (χ0v) is 20.8. The number of piperidine rings is 1. The third kappa shape index (κ3) is 4.45. The van der Waals surface area contributed by atoms with Crippen molar-refractivity contribution in [3.8, 4) is 11.8 Å². The maximum absolute atomic E-state index is 9.64. The monoisotopic (exact) mass is 541 g/mol. The van der Waals surface area contributed by atoms with Crippen molar-refractivity contribution in [3.05, 3.63) is 51.7 Å². The first kappa shape index (κ1) is 23.0. The highest BCUT2D eigenvalue weighted by molar-refractivity contribution is 9.10. The third-order valence-electron chi connectivity index (χ3n) is 6.77. The van der Waals surface area contributed by atoms with Gasteiger partial charge in [0.1, 0.15) is 11.6 Å². The number of phenolic OH excluding ortho intramolecular Hbond substituents is 1. The van der Waals surface area contributed by atoms with Crippen LogP contribution in [0.2, 0.25) is 5.02 Å². The average Bonchev–Trinajstić information content (AvgIpc) is 3.29. The Balaban J connectivity index is 1.48. The van der Waals surface area contributed by atoms with Gasteiger partial charge >= 0.3 is 0 Å². The summed E-state index contributed by atoms with van der Waals surface area (Å²) in [6.45, 7) is 0.849. The summed E-state index contributed by atoms with van der Waals surface area (Å²) in [6, 6.07) is 10.2. The molecule has 2 fully saturated rings. The second-order valence-electron chi connectivity index (χ2n) is 8.90. The lowest BCUT2D eigenvalue weighted by Gasteiger charge is -2.39. The van der Waals surface area contributed by atoms with Crippen LogP contribution in [0.15, 0.2) is 46.1 Å². The minimum absolute atomic E-state index is 0.0711. The maximum Gasteiger partial charge on any atom is 0.135 e. The van der Waals surface area contributed by atoms with E-state index < -0.39 is 0 Å². The van der Waals surface area contributed by atoms with Crippen LogP contribution in [0.5, 0.6) is 5.75 Å². The molecule has 4 heterocycles. The second kappa shape index (κ2) is 9.45. The van der Waals surface area contributed by atoms with Crippen LogP contribution in [0.25, 0.3) is 5.52 Å². The number of hydrogen-bond donors (Lipinski definition) is 3. The van der Waals surface area contributed by atoms with E-state index in [2.05, 4.69) is 42.3 Å². The first-order chi connectivity index (χ1) is 16.4. The van der Waals surface area contributed by atoms with E-state index in [0.717, 1.165) is 35.1 Å². The number of nitrogens with one attached hydrogen (secondary N) is 1. The van der Waals surface area contributed by atoms with Crippen LogP contribution in [0.3, 0.4) is 0 Å². The van der Waals surface area contributed by atoms with E-state index >= 15 is 0 Å². The van der Waals surface area contributed by atoms with Crippen molar-refractivity contribution in [3.63, 3.8) is 0 Å². The Bertz CT molecular complexity index is 1290. The summed E-state index contributed by atoms with van der Waals surface area (Å²) in [4.78, 5) is 7.05. The van der Waals surface area contributed by atoms with Crippen LogP contribution in [0.4, 0.5) is 11.4 Å². The van der Waals surface area contributed by atoms with E-state index in [4.69, 9.17) is 22.6 Å². The number of amidine groups is 1. The van der Waals surface area contributed by atoms with Gasteiger partial charge in [-0.2, -0.15) is 10.4 Å². The molecule has 2 bridgehead atoms. The van der Waals surface area contributed by atoms with E-state index in [9.17, 15) is 5.11 Å². The average molecular weight is 543 g/mol. The van der Waals surface area contributed by atoms with Crippen molar-refractivity contribution >= 4 is 50.3 Å². The first-order valence-electron chi connectivity index (χ1n) is 11.3. The van der Waals surface area contributed by atoms with Gasteiger partial charge in [0.25, 0.3) is 0 Å². The Hall–Kier alpha value is -2.80. The number of halogens is 2. The summed E-state index contributed by atoms with van der Waals surface area (Å²) in [5.74, 6) is 0.360. The lowest BCUT2D eigenvalue weighted by Crippen LogP contribution is -2.47. The molecule has 5 rings (SSSR count). The molecule has 2 aliphatic heterocycles. The van der Waals surface area contributed by atoms with Gasteiger partial charge in [0.2, 0.25) is 0 Å². The predicted molar refractivity (Wildman–Crippen MR) is 137 cm³/mol. The molecule has 3 atom stereocenters. The van der Waals surface area contributed by atoms with E-state index in [-0.39, 0.29) is 17.6 Å². The standard InChI is InChI=1S/C24H25BrClN7O/c25-14-8-22-23(30-15-9-16-2-3-17(10-15)32(16)7-1-6-27)19(12-29-33(22)13-14)24(28)31-21-5-4-18(34)11-20(21)26/h4-5,8,11-13,15-17,30,34H,1-3,7,9-10H2,(H2,28,31)/t15?,16-,17+. The van der Waals surface area contributed by atoms with Crippen LogP contribution in [-0.4, -0.2) is 50.1 Å². The topological polar surface area (TPSA) is 115 Å². The van der Waals surface area contributed by atoms with Gasteiger partial charge in [-0.1, -0.05) is 11.6 Å².